The van der Waals surface area contributed by atoms with E-state index in [-0.39, 0.29) is 19.6 Å². The van der Waals surface area contributed by atoms with Crippen molar-refractivity contribution >= 4 is 13.8 Å². The molecule has 0 amide bonds. The van der Waals surface area contributed by atoms with Gasteiger partial charge in [-0.2, -0.15) is 0 Å². The Balaban J connectivity index is 4.16. The molecule has 0 aromatic heterocycles. The molecule has 0 radical (unpaired) electrons. The molecule has 0 rings (SSSR count). The Labute approximate surface area is 361 Å². The number of rotatable bonds is 44. The van der Waals surface area contributed by atoms with Crippen molar-refractivity contribution in [3.05, 3.63) is 72.9 Å². The molecule has 10 heteroatoms. The Morgan fingerprint density at radius 1 is 0.542 bits per heavy atom. The normalized spacial score (nSPS) is 14.6. The summed E-state index contributed by atoms with van der Waals surface area (Å²) in [6.45, 7) is 3.35. The standard InChI is InChI=1S/C49H87O9P/c1-3-5-7-9-11-13-15-17-19-21-22-23-24-25-26-28-30-32-34-36-38-40-42-55-45-48(46-57-59(53,54)56-44-47(51)43-50)58-49(52)41-39-37-35-33-31-29-27-20-18-16-14-12-10-8-6-4-2/h5,7,11,13-14,16-17,19-20,22-23,27,47-48,50-51H,3-4,6,8-10,12,15,18,21,24-26,28-46H2,1-2H3,(H,53,54)/b7-5-,13-11-,16-14-,19-17-,23-22-,27-20-. The van der Waals surface area contributed by atoms with Gasteiger partial charge >= 0.3 is 13.8 Å². The van der Waals surface area contributed by atoms with Crippen LogP contribution in [0.1, 0.15) is 187 Å². The molecule has 9 nitrogen and oxygen atoms in total. The zero-order valence-electron chi connectivity index (χ0n) is 37.4. The summed E-state index contributed by atoms with van der Waals surface area (Å²) >= 11 is 0. The summed E-state index contributed by atoms with van der Waals surface area (Å²) in [5.74, 6) is -0.400. The number of esters is 1. The molecule has 3 N–H and O–H groups in total. The Morgan fingerprint density at radius 2 is 0.966 bits per heavy atom. The number of phosphoric ester groups is 1. The lowest BCUT2D eigenvalue weighted by atomic mass is 10.1. The molecule has 0 aliphatic heterocycles. The number of ether oxygens (including phenoxy) is 2. The van der Waals surface area contributed by atoms with Crippen molar-refractivity contribution in [3.63, 3.8) is 0 Å². The van der Waals surface area contributed by atoms with Crippen molar-refractivity contribution < 1.29 is 43.0 Å². The fourth-order valence-electron chi connectivity index (χ4n) is 6.08. The number of allylic oxidation sites excluding steroid dienone is 12. The van der Waals surface area contributed by atoms with E-state index in [0.717, 1.165) is 89.9 Å². The quantitative estimate of drug-likeness (QED) is 0.0237. The predicted octanol–water partition coefficient (Wildman–Crippen LogP) is 13.3. The first-order chi connectivity index (χ1) is 28.8. The summed E-state index contributed by atoms with van der Waals surface area (Å²) in [6.07, 6.45) is 54.3. The number of phosphoric acid groups is 1. The lowest BCUT2D eigenvalue weighted by Gasteiger charge is -2.20. The molecule has 0 saturated heterocycles. The monoisotopic (exact) mass is 851 g/mol. The average molecular weight is 851 g/mol. The minimum Gasteiger partial charge on any atom is -0.457 e. The van der Waals surface area contributed by atoms with Crippen LogP contribution in [-0.4, -0.2) is 66.3 Å². The van der Waals surface area contributed by atoms with Crippen LogP contribution in [0.4, 0.5) is 0 Å². The van der Waals surface area contributed by atoms with E-state index in [4.69, 9.17) is 23.6 Å². The molecule has 0 aromatic carbocycles. The topological polar surface area (TPSA) is 132 Å². The number of aliphatic hydroxyl groups excluding tert-OH is 2. The van der Waals surface area contributed by atoms with Gasteiger partial charge in [-0.05, 0) is 83.5 Å². The first-order valence-corrected chi connectivity index (χ1v) is 24.9. The zero-order valence-corrected chi connectivity index (χ0v) is 38.3. The third-order valence-corrected chi connectivity index (χ3v) is 10.6. The molecule has 0 spiro atoms. The molecule has 0 heterocycles. The lowest BCUT2D eigenvalue weighted by Crippen LogP contribution is -2.29. The number of unbranched alkanes of at least 4 members (excludes halogenated alkanes) is 18. The largest absolute Gasteiger partial charge is 0.472 e. The van der Waals surface area contributed by atoms with Gasteiger partial charge in [-0.3, -0.25) is 13.8 Å². The van der Waals surface area contributed by atoms with Gasteiger partial charge in [0.15, 0.2) is 0 Å². The number of hydrogen-bond acceptors (Lipinski definition) is 8. The Kier molecular flexibility index (Phi) is 43.8. The van der Waals surface area contributed by atoms with Gasteiger partial charge in [0.1, 0.15) is 12.2 Å². The van der Waals surface area contributed by atoms with Crippen molar-refractivity contribution in [1.82, 2.24) is 0 Å². The highest BCUT2D eigenvalue weighted by Crippen LogP contribution is 2.43. The number of aliphatic hydroxyl groups is 2. The van der Waals surface area contributed by atoms with Crippen molar-refractivity contribution in [3.8, 4) is 0 Å². The molecule has 0 bridgehead atoms. The van der Waals surface area contributed by atoms with Gasteiger partial charge in [-0.15, -0.1) is 0 Å². The van der Waals surface area contributed by atoms with Crippen LogP contribution in [0.5, 0.6) is 0 Å². The van der Waals surface area contributed by atoms with Crippen LogP contribution >= 0.6 is 7.82 Å². The molecule has 342 valence electrons. The molecular formula is C49H87O9P. The Morgan fingerprint density at radius 3 is 1.46 bits per heavy atom. The fourth-order valence-corrected chi connectivity index (χ4v) is 6.87. The Bertz CT molecular complexity index is 1150. The average Bonchev–Trinajstić information content (AvgIpc) is 3.23. The van der Waals surface area contributed by atoms with E-state index in [1.807, 2.05) is 0 Å². The minimum atomic E-state index is -4.53. The van der Waals surface area contributed by atoms with Crippen LogP contribution in [0, 0.1) is 0 Å². The van der Waals surface area contributed by atoms with E-state index < -0.39 is 39.2 Å². The Hall–Kier alpha value is -2.10. The van der Waals surface area contributed by atoms with Crippen molar-refractivity contribution in [1.29, 1.82) is 0 Å². The van der Waals surface area contributed by atoms with E-state index in [1.54, 1.807) is 0 Å². The van der Waals surface area contributed by atoms with Crippen molar-refractivity contribution in [2.24, 2.45) is 0 Å². The molecule has 0 aromatic rings. The molecule has 0 aliphatic carbocycles. The van der Waals surface area contributed by atoms with Gasteiger partial charge < -0.3 is 24.6 Å². The van der Waals surface area contributed by atoms with E-state index in [9.17, 15) is 19.4 Å². The molecule has 3 unspecified atom stereocenters. The van der Waals surface area contributed by atoms with Crippen molar-refractivity contribution in [2.75, 3.05) is 33.0 Å². The van der Waals surface area contributed by atoms with Gasteiger partial charge in [0.2, 0.25) is 0 Å². The molecule has 59 heavy (non-hydrogen) atoms. The molecule has 0 fully saturated rings. The highest BCUT2D eigenvalue weighted by atomic mass is 31.2. The van der Waals surface area contributed by atoms with Crippen LogP contribution in [0.15, 0.2) is 72.9 Å². The summed E-state index contributed by atoms with van der Waals surface area (Å²) in [5.41, 5.74) is 0. The van der Waals surface area contributed by atoms with Gasteiger partial charge in [-0.1, -0.05) is 170 Å². The maximum absolute atomic E-state index is 12.6. The van der Waals surface area contributed by atoms with E-state index >= 15 is 0 Å². The van der Waals surface area contributed by atoms with Crippen molar-refractivity contribution in [2.45, 2.75) is 199 Å². The van der Waals surface area contributed by atoms with E-state index in [1.165, 1.54) is 70.6 Å². The highest BCUT2D eigenvalue weighted by Gasteiger charge is 2.26. The lowest BCUT2D eigenvalue weighted by molar-refractivity contribution is -0.154. The number of hydrogen-bond donors (Lipinski definition) is 3. The first kappa shape index (κ1) is 56.9. The molecule has 3 atom stereocenters. The second-order valence-electron chi connectivity index (χ2n) is 15.4. The van der Waals surface area contributed by atoms with E-state index in [2.05, 4.69) is 86.8 Å². The van der Waals surface area contributed by atoms with Crippen LogP contribution in [-0.2, 0) is 27.9 Å². The minimum absolute atomic E-state index is 0.0359. The van der Waals surface area contributed by atoms with Crippen LogP contribution in [0.25, 0.3) is 0 Å². The maximum atomic E-state index is 12.6. The van der Waals surface area contributed by atoms with Gasteiger partial charge in [0.05, 0.1) is 26.4 Å². The number of carbonyl (C=O) groups excluding carboxylic acids is 1. The van der Waals surface area contributed by atoms with Crippen LogP contribution in [0.2, 0.25) is 0 Å². The number of carbonyl (C=O) groups is 1. The molecule has 0 aliphatic rings. The van der Waals surface area contributed by atoms with E-state index in [0.29, 0.717) is 13.0 Å². The first-order valence-electron chi connectivity index (χ1n) is 23.4. The second kappa shape index (κ2) is 45.4. The third-order valence-electron chi connectivity index (χ3n) is 9.63. The summed E-state index contributed by atoms with van der Waals surface area (Å²) in [5, 5.41) is 18.4. The fraction of sp³-hybridized carbons (Fsp3) is 0.735. The predicted molar refractivity (Wildman–Crippen MR) is 246 cm³/mol. The smallest absolute Gasteiger partial charge is 0.457 e. The third kappa shape index (κ3) is 45.3. The summed E-state index contributed by atoms with van der Waals surface area (Å²) in [6, 6.07) is 0. The SMILES string of the molecule is CC/C=C\C/C=C\C/C=C\C/C=C\CCCCCCCCCCCOCC(COP(=O)(O)OCC(O)CO)OC(=O)CCCCCCC/C=C\C/C=C\CCCCCC. The zero-order chi connectivity index (χ0) is 43.2. The van der Waals surface area contributed by atoms with Crippen LogP contribution in [0.3, 0.4) is 0 Å². The second-order valence-corrected chi connectivity index (χ2v) is 16.8. The summed E-state index contributed by atoms with van der Waals surface area (Å²) in [4.78, 5) is 22.6. The maximum Gasteiger partial charge on any atom is 0.472 e. The highest BCUT2D eigenvalue weighted by molar-refractivity contribution is 7.47. The summed E-state index contributed by atoms with van der Waals surface area (Å²) in [7, 11) is -4.53. The molecule has 0 saturated carbocycles. The van der Waals surface area contributed by atoms with Gasteiger partial charge in [-0.25, -0.2) is 4.57 Å². The van der Waals surface area contributed by atoms with Gasteiger partial charge in [0.25, 0.3) is 0 Å². The van der Waals surface area contributed by atoms with Gasteiger partial charge in [0, 0.05) is 13.0 Å². The molecular weight excluding hydrogens is 764 g/mol. The summed E-state index contributed by atoms with van der Waals surface area (Å²) < 4.78 is 33.4. The van der Waals surface area contributed by atoms with Crippen LogP contribution < -0.4 is 0 Å².